The highest BCUT2D eigenvalue weighted by molar-refractivity contribution is 5.92. The van der Waals surface area contributed by atoms with E-state index in [1.54, 1.807) is 0 Å². The molecule has 1 atom stereocenters. The maximum Gasteiger partial charge on any atom is 0.307 e. The first-order valence-electron chi connectivity index (χ1n) is 7.98. The molecule has 0 radical (unpaired) electrons. The Morgan fingerprint density at radius 2 is 2.24 bits per heavy atom. The van der Waals surface area contributed by atoms with Gasteiger partial charge in [-0.15, -0.1) is 0 Å². The van der Waals surface area contributed by atoms with E-state index in [1.165, 1.54) is 25.3 Å². The first-order chi connectivity index (χ1) is 11.9. The molecule has 0 spiro atoms. The first kappa shape index (κ1) is 18.7. The molecule has 1 aliphatic rings. The molecule has 1 fully saturated rings. The number of carboxylic acid groups (broad SMARTS) is 1. The van der Waals surface area contributed by atoms with E-state index in [9.17, 15) is 19.7 Å². The maximum atomic E-state index is 12.1. The number of amides is 1. The van der Waals surface area contributed by atoms with E-state index in [4.69, 9.17) is 9.84 Å². The Balaban J connectivity index is 1.93. The number of nitrogens with zero attached hydrogens (tertiary/aromatic N) is 2. The van der Waals surface area contributed by atoms with Crippen molar-refractivity contribution in [2.75, 3.05) is 32.1 Å². The summed E-state index contributed by atoms with van der Waals surface area (Å²) in [6.07, 6.45) is 1.61. The van der Waals surface area contributed by atoms with E-state index in [0.717, 1.165) is 13.0 Å². The Morgan fingerprint density at radius 1 is 1.48 bits per heavy atom. The van der Waals surface area contributed by atoms with Gasteiger partial charge in [-0.25, -0.2) is 0 Å². The van der Waals surface area contributed by atoms with Gasteiger partial charge in [0.15, 0.2) is 0 Å². The van der Waals surface area contributed by atoms with Gasteiger partial charge in [0, 0.05) is 31.6 Å². The SMILES string of the molecule is COc1ccc([N+](=O)[O-])cc1NC(=O)CCN1CCCC(C(=O)O)C1. The van der Waals surface area contributed by atoms with Gasteiger partial charge in [-0.3, -0.25) is 19.7 Å². The number of benzene rings is 1. The van der Waals surface area contributed by atoms with Crippen LogP contribution in [0, 0.1) is 16.0 Å². The molecule has 1 unspecified atom stereocenters. The van der Waals surface area contributed by atoms with Crippen LogP contribution < -0.4 is 10.1 Å². The molecule has 0 aromatic heterocycles. The van der Waals surface area contributed by atoms with Crippen LogP contribution in [0.3, 0.4) is 0 Å². The van der Waals surface area contributed by atoms with E-state index < -0.39 is 16.8 Å². The van der Waals surface area contributed by atoms with Gasteiger partial charge in [0.1, 0.15) is 5.75 Å². The maximum absolute atomic E-state index is 12.1. The zero-order chi connectivity index (χ0) is 18.4. The van der Waals surface area contributed by atoms with Crippen molar-refractivity contribution >= 4 is 23.3 Å². The molecule has 0 aliphatic carbocycles. The molecule has 9 heteroatoms. The number of non-ortho nitro benzene ring substituents is 1. The van der Waals surface area contributed by atoms with E-state index in [-0.39, 0.29) is 23.7 Å². The van der Waals surface area contributed by atoms with E-state index in [1.807, 2.05) is 4.90 Å². The smallest absolute Gasteiger partial charge is 0.307 e. The van der Waals surface area contributed by atoms with Gasteiger partial charge >= 0.3 is 5.97 Å². The average molecular weight is 351 g/mol. The molecule has 1 aromatic carbocycles. The van der Waals surface area contributed by atoms with Crippen molar-refractivity contribution in [1.82, 2.24) is 4.90 Å². The number of methoxy groups -OCH3 is 1. The third kappa shape index (κ3) is 5.15. The number of hydrogen-bond donors (Lipinski definition) is 2. The van der Waals surface area contributed by atoms with Gasteiger partial charge in [0.25, 0.3) is 5.69 Å². The molecule has 9 nitrogen and oxygen atoms in total. The number of rotatable bonds is 7. The van der Waals surface area contributed by atoms with Gasteiger partial charge in [0.2, 0.25) is 5.91 Å². The predicted octanol–water partition coefficient (Wildman–Crippen LogP) is 1.73. The molecule has 1 amide bonds. The predicted molar refractivity (Wildman–Crippen MR) is 89.7 cm³/mol. The summed E-state index contributed by atoms with van der Waals surface area (Å²) in [6, 6.07) is 3.97. The van der Waals surface area contributed by atoms with Gasteiger partial charge in [0.05, 0.1) is 23.6 Å². The van der Waals surface area contributed by atoms with Crippen LogP contribution in [0.2, 0.25) is 0 Å². The number of anilines is 1. The molecule has 1 aromatic rings. The number of nitro benzene ring substituents is 1. The van der Waals surface area contributed by atoms with Crippen molar-refractivity contribution in [2.24, 2.45) is 5.92 Å². The van der Waals surface area contributed by atoms with Gasteiger partial charge in [-0.05, 0) is 25.5 Å². The molecule has 0 bridgehead atoms. The third-order valence-electron chi connectivity index (χ3n) is 4.18. The molecule has 1 saturated heterocycles. The standard InChI is InChI=1S/C16H21N3O6/c1-25-14-5-4-12(19(23)24)9-13(14)17-15(20)6-8-18-7-2-3-11(10-18)16(21)22/h4-5,9,11H,2-3,6-8,10H2,1H3,(H,17,20)(H,21,22). The van der Waals surface area contributed by atoms with Crippen LogP contribution in [0.5, 0.6) is 5.75 Å². The van der Waals surface area contributed by atoms with Crippen LogP contribution in [0.15, 0.2) is 18.2 Å². The number of ether oxygens (including phenoxy) is 1. The highest BCUT2D eigenvalue weighted by atomic mass is 16.6. The second-order valence-electron chi connectivity index (χ2n) is 5.92. The lowest BCUT2D eigenvalue weighted by Gasteiger charge is -2.30. The minimum absolute atomic E-state index is 0.142. The normalized spacial score (nSPS) is 17.7. The molecule has 25 heavy (non-hydrogen) atoms. The van der Waals surface area contributed by atoms with E-state index in [0.29, 0.717) is 25.3 Å². The first-order valence-corrected chi connectivity index (χ1v) is 7.98. The lowest BCUT2D eigenvalue weighted by Crippen LogP contribution is -2.40. The number of hydrogen-bond acceptors (Lipinski definition) is 6. The average Bonchev–Trinajstić information content (AvgIpc) is 2.60. The topological polar surface area (TPSA) is 122 Å². The van der Waals surface area contributed by atoms with Gasteiger partial charge in [-0.1, -0.05) is 0 Å². The Morgan fingerprint density at radius 3 is 2.88 bits per heavy atom. The summed E-state index contributed by atoms with van der Waals surface area (Å²) in [4.78, 5) is 35.5. The zero-order valence-electron chi connectivity index (χ0n) is 13.9. The van der Waals surface area contributed by atoms with Crippen LogP contribution in [0.1, 0.15) is 19.3 Å². The molecule has 1 heterocycles. The molecular formula is C16H21N3O6. The van der Waals surface area contributed by atoms with Gasteiger partial charge < -0.3 is 20.1 Å². The largest absolute Gasteiger partial charge is 0.495 e. The summed E-state index contributed by atoms with van der Waals surface area (Å²) in [5.74, 6) is -1.18. The second kappa shape index (κ2) is 8.43. The minimum atomic E-state index is -0.810. The third-order valence-corrected chi connectivity index (χ3v) is 4.18. The number of nitro groups is 1. The van der Waals surface area contributed by atoms with E-state index >= 15 is 0 Å². The summed E-state index contributed by atoms with van der Waals surface area (Å²) in [6.45, 7) is 1.63. The van der Waals surface area contributed by atoms with E-state index in [2.05, 4.69) is 5.32 Å². The van der Waals surface area contributed by atoms with Gasteiger partial charge in [-0.2, -0.15) is 0 Å². The fourth-order valence-electron chi connectivity index (χ4n) is 2.84. The number of aliphatic carboxylic acids is 1. The number of carboxylic acids is 1. The Labute approximate surface area is 144 Å². The van der Waals surface area contributed by atoms with Crippen LogP contribution >= 0.6 is 0 Å². The lowest BCUT2D eigenvalue weighted by atomic mass is 9.98. The van der Waals surface area contributed by atoms with Crippen molar-refractivity contribution in [1.29, 1.82) is 0 Å². The Bertz CT molecular complexity index is 663. The zero-order valence-corrected chi connectivity index (χ0v) is 13.9. The minimum Gasteiger partial charge on any atom is -0.495 e. The molecule has 136 valence electrons. The van der Waals surface area contributed by atoms with Crippen molar-refractivity contribution in [2.45, 2.75) is 19.3 Å². The summed E-state index contributed by atoms with van der Waals surface area (Å²) in [5, 5.41) is 22.6. The molecule has 0 saturated carbocycles. The number of carbonyl (C=O) groups is 2. The van der Waals surface area contributed by atoms with Crippen molar-refractivity contribution in [3.05, 3.63) is 28.3 Å². The quantitative estimate of drug-likeness (QED) is 0.566. The second-order valence-corrected chi connectivity index (χ2v) is 5.92. The van der Waals surface area contributed by atoms with Crippen molar-refractivity contribution < 1.29 is 24.4 Å². The molecular weight excluding hydrogens is 330 g/mol. The van der Waals surface area contributed by atoms with Crippen molar-refractivity contribution in [3.8, 4) is 5.75 Å². The fraction of sp³-hybridized carbons (Fsp3) is 0.500. The molecule has 1 aliphatic heterocycles. The Kier molecular flexibility index (Phi) is 6.29. The highest BCUT2D eigenvalue weighted by Gasteiger charge is 2.25. The summed E-state index contributed by atoms with van der Waals surface area (Å²) in [7, 11) is 1.41. The van der Waals surface area contributed by atoms with Crippen LogP contribution in [-0.4, -0.2) is 53.6 Å². The molecule has 2 N–H and O–H groups in total. The summed E-state index contributed by atoms with van der Waals surface area (Å²) < 4.78 is 5.10. The van der Waals surface area contributed by atoms with Crippen LogP contribution in [0.4, 0.5) is 11.4 Å². The lowest BCUT2D eigenvalue weighted by molar-refractivity contribution is -0.384. The van der Waals surface area contributed by atoms with Crippen LogP contribution in [0.25, 0.3) is 0 Å². The monoisotopic (exact) mass is 351 g/mol. The van der Waals surface area contributed by atoms with Crippen LogP contribution in [-0.2, 0) is 9.59 Å². The fourth-order valence-corrected chi connectivity index (χ4v) is 2.84. The Hall–Kier alpha value is -2.68. The van der Waals surface area contributed by atoms with Crippen molar-refractivity contribution in [3.63, 3.8) is 0 Å². The number of nitrogens with one attached hydrogen (secondary N) is 1. The summed E-state index contributed by atoms with van der Waals surface area (Å²) >= 11 is 0. The number of carbonyl (C=O) groups excluding carboxylic acids is 1. The number of piperidine rings is 1. The number of likely N-dealkylation sites (tertiary alicyclic amines) is 1. The highest BCUT2D eigenvalue weighted by Crippen LogP contribution is 2.29. The molecule has 2 rings (SSSR count). The summed E-state index contributed by atoms with van der Waals surface area (Å²) in [5.41, 5.74) is 0.0974.